The third kappa shape index (κ3) is 2.74. The van der Waals surface area contributed by atoms with E-state index >= 15 is 0 Å². The van der Waals surface area contributed by atoms with E-state index in [-0.39, 0.29) is 0 Å². The van der Waals surface area contributed by atoms with E-state index in [1.807, 2.05) is 19.2 Å². The van der Waals surface area contributed by atoms with Crippen LogP contribution in [0.25, 0.3) is 6.08 Å². The summed E-state index contributed by atoms with van der Waals surface area (Å²) in [4.78, 5) is 0. The zero-order valence-corrected chi connectivity index (χ0v) is 9.42. The third-order valence-corrected chi connectivity index (χ3v) is 2.52. The molecule has 1 aromatic rings. The molecule has 0 bridgehead atoms. The zero-order valence-electron chi connectivity index (χ0n) is 9.42. The molecule has 0 aliphatic heterocycles. The maximum atomic E-state index is 5.59. The fraction of sp³-hybridized carbons (Fsp3) is 0.500. The molecular formula is C12H19NO. The molecule has 0 fully saturated rings. The highest BCUT2D eigenvalue weighted by Gasteiger charge is 2.02. The van der Waals surface area contributed by atoms with Gasteiger partial charge in [-0.25, -0.2) is 0 Å². The van der Waals surface area contributed by atoms with Crippen LogP contribution < -0.4 is 5.32 Å². The molecule has 0 spiro atoms. The minimum atomic E-state index is 0.394. The number of aryl methyl sites for hydroxylation is 1. The average molecular weight is 193 g/mol. The Hall–Kier alpha value is -1.02. The van der Waals surface area contributed by atoms with Crippen LogP contribution in [0.15, 0.2) is 22.1 Å². The van der Waals surface area contributed by atoms with Gasteiger partial charge in [0.05, 0.1) is 0 Å². The molecule has 0 radical (unpaired) electrons. The van der Waals surface area contributed by atoms with Crippen molar-refractivity contribution in [3.05, 3.63) is 29.2 Å². The van der Waals surface area contributed by atoms with E-state index in [2.05, 4.69) is 32.2 Å². The minimum absolute atomic E-state index is 0.394. The van der Waals surface area contributed by atoms with E-state index < -0.39 is 0 Å². The normalized spacial score (nSPS) is 14.4. The Morgan fingerprint density at radius 2 is 2.29 bits per heavy atom. The lowest BCUT2D eigenvalue weighted by Gasteiger charge is -2.09. The van der Waals surface area contributed by atoms with E-state index in [0.717, 1.165) is 17.9 Å². The number of rotatable bonds is 4. The summed E-state index contributed by atoms with van der Waals surface area (Å²) in [5.74, 6) is 1.99. The lowest BCUT2D eigenvalue weighted by Crippen LogP contribution is -2.21. The van der Waals surface area contributed by atoms with Crippen molar-refractivity contribution in [1.29, 1.82) is 0 Å². The molecular weight excluding hydrogens is 174 g/mol. The summed E-state index contributed by atoms with van der Waals surface area (Å²) >= 11 is 0. The molecule has 14 heavy (non-hydrogen) atoms. The first-order valence-corrected chi connectivity index (χ1v) is 5.11. The maximum Gasteiger partial charge on any atom is 0.127 e. The molecule has 2 heteroatoms. The molecule has 0 saturated heterocycles. The smallest absolute Gasteiger partial charge is 0.127 e. The Balaban J connectivity index is 2.75. The molecule has 1 N–H and O–H groups in total. The summed E-state index contributed by atoms with van der Waals surface area (Å²) in [6, 6.07) is 4.44. The molecule has 0 aliphatic carbocycles. The largest absolute Gasteiger partial charge is 0.462 e. The van der Waals surface area contributed by atoms with Crippen molar-refractivity contribution >= 4 is 6.08 Å². The van der Waals surface area contributed by atoms with Gasteiger partial charge in [-0.1, -0.05) is 12.5 Å². The van der Waals surface area contributed by atoms with Crippen LogP contribution in [0, 0.1) is 0 Å². The minimum Gasteiger partial charge on any atom is -0.462 e. The second-order valence-electron chi connectivity index (χ2n) is 3.56. The van der Waals surface area contributed by atoms with E-state index in [4.69, 9.17) is 4.42 Å². The van der Waals surface area contributed by atoms with Crippen LogP contribution in [0.1, 0.15) is 32.3 Å². The van der Waals surface area contributed by atoms with Gasteiger partial charge in [-0.05, 0) is 39.1 Å². The summed E-state index contributed by atoms with van der Waals surface area (Å²) in [5.41, 5.74) is 1.28. The summed E-state index contributed by atoms with van der Waals surface area (Å²) in [5, 5.41) is 3.20. The molecule has 2 nitrogen and oxygen atoms in total. The number of likely N-dealkylation sites (N-methyl/N-ethyl adjacent to an activating group) is 1. The van der Waals surface area contributed by atoms with Gasteiger partial charge >= 0.3 is 0 Å². The van der Waals surface area contributed by atoms with Crippen LogP contribution in [-0.4, -0.2) is 13.1 Å². The van der Waals surface area contributed by atoms with Gasteiger partial charge in [0.25, 0.3) is 0 Å². The van der Waals surface area contributed by atoms with Gasteiger partial charge in [0.2, 0.25) is 0 Å². The quantitative estimate of drug-likeness (QED) is 0.795. The van der Waals surface area contributed by atoms with Crippen molar-refractivity contribution in [1.82, 2.24) is 5.32 Å². The van der Waals surface area contributed by atoms with Crippen LogP contribution in [-0.2, 0) is 6.42 Å². The Morgan fingerprint density at radius 3 is 2.79 bits per heavy atom. The van der Waals surface area contributed by atoms with E-state index in [1.54, 1.807) is 0 Å². The van der Waals surface area contributed by atoms with Crippen molar-refractivity contribution in [2.45, 2.75) is 33.2 Å². The van der Waals surface area contributed by atoms with Crippen molar-refractivity contribution in [3.8, 4) is 0 Å². The molecule has 1 rings (SSSR count). The fourth-order valence-electron chi connectivity index (χ4n) is 1.24. The zero-order chi connectivity index (χ0) is 10.6. The van der Waals surface area contributed by atoms with Gasteiger partial charge in [0, 0.05) is 12.5 Å². The topological polar surface area (TPSA) is 25.2 Å². The molecule has 0 aromatic carbocycles. The Morgan fingerprint density at radius 1 is 1.57 bits per heavy atom. The van der Waals surface area contributed by atoms with Crippen molar-refractivity contribution in [2.24, 2.45) is 0 Å². The third-order valence-electron chi connectivity index (χ3n) is 2.52. The predicted molar refractivity (Wildman–Crippen MR) is 60.3 cm³/mol. The first-order chi connectivity index (χ1) is 6.67. The van der Waals surface area contributed by atoms with Gasteiger partial charge in [-0.3, -0.25) is 0 Å². The van der Waals surface area contributed by atoms with Crippen LogP contribution in [0.2, 0.25) is 0 Å². The maximum absolute atomic E-state index is 5.59. The molecule has 1 unspecified atom stereocenters. The number of furan rings is 1. The monoisotopic (exact) mass is 193 g/mol. The van der Waals surface area contributed by atoms with Crippen LogP contribution in [0.4, 0.5) is 0 Å². The lowest BCUT2D eigenvalue weighted by molar-refractivity contribution is 0.506. The van der Waals surface area contributed by atoms with Crippen molar-refractivity contribution in [2.75, 3.05) is 7.05 Å². The van der Waals surface area contributed by atoms with Gasteiger partial charge in [-0.2, -0.15) is 0 Å². The summed E-state index contributed by atoms with van der Waals surface area (Å²) in [7, 11) is 1.96. The van der Waals surface area contributed by atoms with Crippen LogP contribution in [0.5, 0.6) is 0 Å². The Labute approximate surface area is 86.0 Å². The molecule has 78 valence electrons. The average Bonchev–Trinajstić information content (AvgIpc) is 2.64. The molecule has 1 atom stereocenters. The van der Waals surface area contributed by atoms with E-state index in [0.29, 0.717) is 6.04 Å². The first kappa shape index (κ1) is 11.1. The van der Waals surface area contributed by atoms with Gasteiger partial charge in [0.15, 0.2) is 0 Å². The van der Waals surface area contributed by atoms with Crippen molar-refractivity contribution < 1.29 is 4.42 Å². The molecule has 1 heterocycles. The van der Waals surface area contributed by atoms with Gasteiger partial charge in [-0.15, -0.1) is 0 Å². The highest BCUT2D eigenvalue weighted by atomic mass is 16.3. The molecule has 0 aliphatic rings. The number of hydrogen-bond donors (Lipinski definition) is 1. The number of hydrogen-bond acceptors (Lipinski definition) is 2. The summed E-state index contributed by atoms with van der Waals surface area (Å²) < 4.78 is 5.59. The summed E-state index contributed by atoms with van der Waals surface area (Å²) in [6.07, 6.45) is 3.04. The predicted octanol–water partition coefficient (Wildman–Crippen LogP) is 2.85. The standard InChI is InChI=1S/C12H19NO/c1-5-11-6-7-12(14-11)8-9(2)10(3)13-4/h6-8,10,13H,5H2,1-4H3/b9-8-. The van der Waals surface area contributed by atoms with Gasteiger partial charge < -0.3 is 9.73 Å². The lowest BCUT2D eigenvalue weighted by atomic mass is 10.1. The SMILES string of the molecule is CCc1ccc(/C=C(/C)C(C)NC)o1. The Kier molecular flexibility index (Phi) is 3.96. The van der Waals surface area contributed by atoms with Crippen LogP contribution in [0.3, 0.4) is 0 Å². The van der Waals surface area contributed by atoms with Crippen molar-refractivity contribution in [3.63, 3.8) is 0 Å². The second kappa shape index (κ2) is 5.01. The second-order valence-corrected chi connectivity index (χ2v) is 3.56. The highest BCUT2D eigenvalue weighted by molar-refractivity contribution is 5.48. The molecule has 1 aromatic heterocycles. The number of nitrogens with one attached hydrogen (secondary N) is 1. The molecule has 0 amide bonds. The first-order valence-electron chi connectivity index (χ1n) is 5.11. The summed E-state index contributed by atoms with van der Waals surface area (Å²) in [6.45, 7) is 6.33. The van der Waals surface area contributed by atoms with Crippen LogP contribution >= 0.6 is 0 Å². The van der Waals surface area contributed by atoms with Gasteiger partial charge in [0.1, 0.15) is 11.5 Å². The highest BCUT2D eigenvalue weighted by Crippen LogP contribution is 2.13. The van der Waals surface area contributed by atoms with E-state index in [9.17, 15) is 0 Å². The fourth-order valence-corrected chi connectivity index (χ4v) is 1.24. The Bertz CT molecular complexity index is 312. The van der Waals surface area contributed by atoms with E-state index in [1.165, 1.54) is 5.57 Å². The molecule has 0 saturated carbocycles.